The summed E-state index contributed by atoms with van der Waals surface area (Å²) in [5, 5.41) is 4.08. The normalized spacial score (nSPS) is 18.8. The maximum absolute atomic E-state index is 13.0. The Kier molecular flexibility index (Phi) is 9.47. The van der Waals surface area contributed by atoms with Crippen LogP contribution >= 0.6 is 23.2 Å². The Labute approximate surface area is 225 Å². The van der Waals surface area contributed by atoms with Gasteiger partial charge < -0.3 is 10.1 Å². The second-order valence-corrected chi connectivity index (χ2v) is 14.1. The van der Waals surface area contributed by atoms with E-state index in [-0.39, 0.29) is 12.5 Å². The number of nitrogens with zero attached hydrogens (tertiary/aromatic N) is 2. The van der Waals surface area contributed by atoms with Gasteiger partial charge in [0.05, 0.1) is 0 Å². The van der Waals surface area contributed by atoms with Crippen molar-refractivity contribution < 1.29 is 13.7 Å². The van der Waals surface area contributed by atoms with Crippen molar-refractivity contribution in [3.63, 3.8) is 0 Å². The zero-order valence-corrected chi connectivity index (χ0v) is 23.5. The molecule has 198 valence electrons. The van der Waals surface area contributed by atoms with Crippen LogP contribution in [0, 0.1) is 0 Å². The van der Waals surface area contributed by atoms with Crippen molar-refractivity contribution in [1.29, 1.82) is 0 Å². The van der Waals surface area contributed by atoms with Gasteiger partial charge in [-0.2, -0.15) is 0 Å². The second kappa shape index (κ2) is 12.4. The molecular formula is C27H37Cl2N3O3S. The molecule has 2 fully saturated rings. The van der Waals surface area contributed by atoms with Gasteiger partial charge in [-0.3, -0.25) is 18.8 Å². The molecule has 2 aromatic carbocycles. The van der Waals surface area contributed by atoms with Crippen molar-refractivity contribution in [3.05, 3.63) is 63.1 Å². The molecule has 9 heteroatoms. The molecule has 2 saturated heterocycles. The van der Waals surface area contributed by atoms with E-state index in [0.717, 1.165) is 74.8 Å². The summed E-state index contributed by atoms with van der Waals surface area (Å²) in [6.07, 6.45) is 4.02. The summed E-state index contributed by atoms with van der Waals surface area (Å²) < 4.78 is 18.5. The number of benzene rings is 2. The zero-order chi connectivity index (χ0) is 25.7. The lowest BCUT2D eigenvalue weighted by molar-refractivity contribution is 0.0126. The van der Waals surface area contributed by atoms with Crippen molar-refractivity contribution in [2.24, 2.45) is 0 Å². The molecule has 0 saturated carbocycles. The van der Waals surface area contributed by atoms with Crippen LogP contribution in [0.4, 0.5) is 0 Å². The highest BCUT2D eigenvalue weighted by Gasteiger charge is 2.25. The van der Waals surface area contributed by atoms with E-state index in [4.69, 9.17) is 27.9 Å². The Balaban J connectivity index is 1.37. The SMILES string of the molecule is CC[SH](C)(=O)c1ccc(Cl)cc1CNC(=O)c1cc(Cl)cc(CN2CCN(C3CCOCC3)CC2)c1. The monoisotopic (exact) mass is 553 g/mol. The maximum atomic E-state index is 13.0. The van der Waals surface area contributed by atoms with Gasteiger partial charge in [0, 0.05) is 84.8 Å². The number of hydrogen-bond donors (Lipinski definition) is 2. The number of nitrogens with one attached hydrogen (secondary N) is 1. The van der Waals surface area contributed by atoms with Gasteiger partial charge in [-0.05, 0) is 66.6 Å². The van der Waals surface area contributed by atoms with Crippen molar-refractivity contribution in [1.82, 2.24) is 15.1 Å². The van der Waals surface area contributed by atoms with Crippen molar-refractivity contribution in [2.45, 2.75) is 43.8 Å². The highest BCUT2D eigenvalue weighted by molar-refractivity contribution is 8.02. The van der Waals surface area contributed by atoms with Crippen LogP contribution in [0.2, 0.25) is 10.0 Å². The number of thiol groups is 1. The highest BCUT2D eigenvalue weighted by Crippen LogP contribution is 2.25. The lowest BCUT2D eigenvalue weighted by Crippen LogP contribution is -2.51. The van der Waals surface area contributed by atoms with Crippen molar-refractivity contribution in [3.8, 4) is 0 Å². The topological polar surface area (TPSA) is 61.9 Å². The predicted octanol–water partition coefficient (Wildman–Crippen LogP) is 4.25. The fraction of sp³-hybridized carbons (Fsp3) is 0.519. The van der Waals surface area contributed by atoms with E-state index in [1.807, 2.05) is 25.1 Å². The molecule has 0 spiro atoms. The molecule has 6 nitrogen and oxygen atoms in total. The number of hydrogen-bond acceptors (Lipinski definition) is 5. The summed E-state index contributed by atoms with van der Waals surface area (Å²) in [6, 6.07) is 11.5. The fourth-order valence-corrected chi connectivity index (χ4v) is 7.01. The Hall–Kier alpha value is -1.48. The molecule has 0 unspecified atom stereocenters. The summed E-state index contributed by atoms with van der Waals surface area (Å²) in [6.45, 7) is 8.77. The van der Waals surface area contributed by atoms with Crippen molar-refractivity contribution >= 4 is 39.0 Å². The lowest BCUT2D eigenvalue weighted by atomic mass is 10.1. The summed E-state index contributed by atoms with van der Waals surface area (Å²) in [5.74, 6) is 0.341. The molecular weight excluding hydrogens is 517 g/mol. The third kappa shape index (κ3) is 7.09. The summed E-state index contributed by atoms with van der Waals surface area (Å²) >= 11 is 12.6. The van der Waals surface area contributed by atoms with Gasteiger partial charge in [0.1, 0.15) is 0 Å². The van der Waals surface area contributed by atoms with Crippen molar-refractivity contribution in [2.75, 3.05) is 51.4 Å². The first-order valence-corrected chi connectivity index (χ1v) is 15.8. The minimum absolute atomic E-state index is 0.212. The van der Waals surface area contributed by atoms with Gasteiger partial charge in [-0.25, -0.2) is 0 Å². The van der Waals surface area contributed by atoms with Crippen LogP contribution in [0.25, 0.3) is 0 Å². The van der Waals surface area contributed by atoms with E-state index < -0.39 is 9.93 Å². The molecule has 4 rings (SSSR count). The largest absolute Gasteiger partial charge is 0.381 e. The molecule has 2 heterocycles. The summed E-state index contributed by atoms with van der Waals surface area (Å²) in [5.41, 5.74) is 2.34. The molecule has 0 aromatic heterocycles. The average molecular weight is 555 g/mol. The number of ether oxygens (including phenoxy) is 1. The summed E-state index contributed by atoms with van der Waals surface area (Å²) in [7, 11) is -2.51. The zero-order valence-electron chi connectivity index (χ0n) is 21.1. The van der Waals surface area contributed by atoms with E-state index in [1.54, 1.807) is 24.5 Å². The van der Waals surface area contributed by atoms with E-state index in [9.17, 15) is 9.00 Å². The molecule has 0 aliphatic carbocycles. The van der Waals surface area contributed by atoms with E-state index in [1.165, 1.54) is 0 Å². The van der Waals surface area contributed by atoms with Crippen LogP contribution in [0.3, 0.4) is 0 Å². The van der Waals surface area contributed by atoms with Crippen LogP contribution in [0.15, 0.2) is 41.3 Å². The van der Waals surface area contributed by atoms with E-state index >= 15 is 0 Å². The van der Waals surface area contributed by atoms with Gasteiger partial charge >= 0.3 is 0 Å². The first kappa shape index (κ1) is 27.6. The van der Waals surface area contributed by atoms with Gasteiger partial charge in [0.15, 0.2) is 0 Å². The third-order valence-corrected chi connectivity index (χ3v) is 10.4. The van der Waals surface area contributed by atoms with Crippen LogP contribution in [0.5, 0.6) is 0 Å². The number of piperazine rings is 1. The molecule has 36 heavy (non-hydrogen) atoms. The van der Waals surface area contributed by atoms with Gasteiger partial charge in [0.2, 0.25) is 0 Å². The van der Waals surface area contributed by atoms with Gasteiger partial charge in [0.25, 0.3) is 5.91 Å². The summed E-state index contributed by atoms with van der Waals surface area (Å²) in [4.78, 5) is 18.8. The van der Waals surface area contributed by atoms with Gasteiger partial charge in [-0.1, -0.05) is 40.1 Å². The smallest absolute Gasteiger partial charge is 0.251 e. The lowest BCUT2D eigenvalue weighted by Gasteiger charge is -2.40. The third-order valence-electron chi connectivity index (χ3n) is 7.33. The fourth-order valence-electron chi connectivity index (χ4n) is 5.07. The first-order valence-electron chi connectivity index (χ1n) is 12.7. The maximum Gasteiger partial charge on any atom is 0.251 e. The molecule has 2 aromatic rings. The number of carbonyl (C=O) groups excluding carboxylic acids is 1. The molecule has 0 atom stereocenters. The Bertz CT molecular complexity index is 1120. The highest BCUT2D eigenvalue weighted by atomic mass is 35.5. The number of carbonyl (C=O) groups is 1. The average Bonchev–Trinajstić information content (AvgIpc) is 2.88. The minimum Gasteiger partial charge on any atom is -0.381 e. The Morgan fingerprint density at radius 3 is 2.47 bits per heavy atom. The van der Waals surface area contributed by atoms with E-state index in [0.29, 0.717) is 27.4 Å². The predicted molar refractivity (Wildman–Crippen MR) is 149 cm³/mol. The van der Waals surface area contributed by atoms with E-state index in [2.05, 4.69) is 15.1 Å². The molecule has 1 amide bonds. The number of rotatable bonds is 8. The van der Waals surface area contributed by atoms with Crippen LogP contribution in [-0.4, -0.2) is 77.4 Å². The van der Waals surface area contributed by atoms with Crippen LogP contribution in [0.1, 0.15) is 41.3 Å². The Morgan fingerprint density at radius 2 is 1.78 bits per heavy atom. The molecule has 2 aliphatic rings. The second-order valence-electron chi connectivity index (χ2n) is 9.88. The van der Waals surface area contributed by atoms with Crippen LogP contribution in [-0.2, 0) is 27.8 Å². The quantitative estimate of drug-likeness (QED) is 0.478. The number of halogens is 2. The molecule has 2 aliphatic heterocycles. The number of amides is 1. The molecule has 0 bridgehead atoms. The molecule has 0 radical (unpaired) electrons. The minimum atomic E-state index is -2.51. The Morgan fingerprint density at radius 1 is 1.06 bits per heavy atom. The standard InChI is InChI=1S/C27H37Cl2N3O3S/c1-3-36(2,34)26-5-4-23(28)17-22(26)18-30-27(33)21-14-20(15-24(29)16-21)19-31-8-10-32(11-9-31)25-6-12-35-13-7-25/h4-5,14-17,25,36H,3,6-13,18-19H2,1-2H3,(H,30,33). The first-order chi connectivity index (χ1) is 17.2. The van der Waals surface area contributed by atoms with Gasteiger partial charge in [-0.15, -0.1) is 0 Å². The molecule has 1 N–H and O–H groups in total. The van der Waals surface area contributed by atoms with Crippen LogP contribution < -0.4 is 5.32 Å².